The zero-order chi connectivity index (χ0) is 15.8. The van der Waals surface area contributed by atoms with Crippen molar-refractivity contribution in [2.75, 3.05) is 13.2 Å². The molecular formula is C16H36O2Sn. The third-order valence-corrected chi connectivity index (χ3v) is 5.55. The molecule has 0 aromatic rings. The van der Waals surface area contributed by atoms with Gasteiger partial charge in [-0.3, -0.25) is 0 Å². The van der Waals surface area contributed by atoms with E-state index in [0.717, 1.165) is 0 Å². The van der Waals surface area contributed by atoms with Gasteiger partial charge in [0.1, 0.15) is 0 Å². The first-order chi connectivity index (χ1) is 9.16. The van der Waals surface area contributed by atoms with E-state index in [1.165, 1.54) is 25.7 Å². The van der Waals surface area contributed by atoms with Crippen LogP contribution in [0.15, 0.2) is 25.3 Å². The number of aliphatic hydroxyl groups is 2. The molecule has 0 unspecified atom stereocenters. The molecule has 0 amide bonds. The summed E-state index contributed by atoms with van der Waals surface area (Å²) in [6.45, 7) is 14.8. The molecule has 3 heteroatoms. The van der Waals surface area contributed by atoms with E-state index in [4.69, 9.17) is 10.2 Å². The average molecular weight is 379 g/mol. The van der Waals surface area contributed by atoms with Crippen LogP contribution in [0, 0.1) is 0 Å². The standard InChI is InChI=1S/2C4H9.2C3H6.C2H6O2.Sn/c2*1-3-4-2;2*1-3-2;3-1-2-4;/h2*1,3-4H2,2H3;2*3H,1H2,2H3;3-4H,1-2H2;. The first-order valence-corrected chi connectivity index (χ1v) is 11.3. The predicted molar refractivity (Wildman–Crippen MR) is 91.1 cm³/mol. The second-order valence-electron chi connectivity index (χ2n) is 3.72. The zero-order valence-corrected chi connectivity index (χ0v) is 16.5. The van der Waals surface area contributed by atoms with Crippen LogP contribution in [0.3, 0.4) is 0 Å². The molecule has 0 heterocycles. The molecule has 2 N–H and O–H groups in total. The fourth-order valence-electron chi connectivity index (χ4n) is 0.729. The third kappa shape index (κ3) is 92.1. The minimum atomic E-state index is -0.125. The number of allylic oxidation sites excluding steroid dienone is 2. The normalized spacial score (nSPS) is 7.68. The van der Waals surface area contributed by atoms with Gasteiger partial charge in [0.25, 0.3) is 0 Å². The number of aliphatic hydroxyl groups excluding tert-OH is 2. The van der Waals surface area contributed by atoms with Gasteiger partial charge in [-0.1, -0.05) is 12.2 Å². The molecular weight excluding hydrogens is 343 g/mol. The van der Waals surface area contributed by atoms with E-state index in [-0.39, 0.29) is 34.4 Å². The fraction of sp³-hybridized carbons (Fsp3) is 0.750. The van der Waals surface area contributed by atoms with Gasteiger partial charge < -0.3 is 10.2 Å². The maximum absolute atomic E-state index is 7.62. The second-order valence-corrected chi connectivity index (χ2v) is 8.00. The molecule has 2 radical (unpaired) electrons. The van der Waals surface area contributed by atoms with Crippen LogP contribution in [-0.2, 0) is 0 Å². The second kappa shape index (κ2) is 42.9. The third-order valence-electron chi connectivity index (χ3n) is 1.51. The maximum atomic E-state index is 7.62. The first kappa shape index (κ1) is 27.5. The van der Waals surface area contributed by atoms with Gasteiger partial charge in [-0.15, -0.1) is 13.2 Å². The topological polar surface area (TPSA) is 40.5 Å². The van der Waals surface area contributed by atoms with Crippen molar-refractivity contribution >= 4 is 21.1 Å². The molecule has 0 aromatic heterocycles. The van der Waals surface area contributed by atoms with Crippen LogP contribution in [0.4, 0.5) is 0 Å². The monoisotopic (exact) mass is 380 g/mol. The molecule has 19 heavy (non-hydrogen) atoms. The van der Waals surface area contributed by atoms with Crippen LogP contribution >= 0.6 is 0 Å². The number of hydrogen-bond donors (Lipinski definition) is 2. The number of rotatable bonds is 7. The van der Waals surface area contributed by atoms with Gasteiger partial charge in [0.15, 0.2) is 0 Å². The quantitative estimate of drug-likeness (QED) is 0.389. The van der Waals surface area contributed by atoms with Crippen molar-refractivity contribution in [1.29, 1.82) is 0 Å². The van der Waals surface area contributed by atoms with E-state index in [1.54, 1.807) is 21.0 Å². The zero-order valence-electron chi connectivity index (χ0n) is 13.6. The Bertz CT molecular complexity index is 114. The Balaban J connectivity index is -0.0000000937. The van der Waals surface area contributed by atoms with E-state index in [0.29, 0.717) is 0 Å². The van der Waals surface area contributed by atoms with Crippen molar-refractivity contribution in [3.63, 3.8) is 0 Å². The van der Waals surface area contributed by atoms with Gasteiger partial charge in [0.05, 0.1) is 13.2 Å². The Morgan fingerprint density at radius 2 is 1.11 bits per heavy atom. The van der Waals surface area contributed by atoms with Crippen LogP contribution in [0.1, 0.15) is 53.4 Å². The van der Waals surface area contributed by atoms with E-state index in [2.05, 4.69) is 27.0 Å². The molecule has 0 spiro atoms. The molecule has 0 bridgehead atoms. The summed E-state index contributed by atoms with van der Waals surface area (Å²) in [6, 6.07) is 0. The van der Waals surface area contributed by atoms with Gasteiger partial charge in [-0.2, -0.15) is 0 Å². The van der Waals surface area contributed by atoms with E-state index >= 15 is 0 Å². The Labute approximate surface area is 132 Å². The van der Waals surface area contributed by atoms with Crippen LogP contribution in [0.5, 0.6) is 0 Å². The van der Waals surface area contributed by atoms with Crippen molar-refractivity contribution < 1.29 is 10.2 Å². The Morgan fingerprint density at radius 1 is 0.842 bits per heavy atom. The number of hydrogen-bond acceptors (Lipinski definition) is 2. The molecule has 2 nitrogen and oxygen atoms in total. The largest absolute Gasteiger partial charge is 0.394 e. The first-order valence-electron chi connectivity index (χ1n) is 7.22. The molecule has 116 valence electrons. The maximum Gasteiger partial charge on any atom is 0.0662 e. The summed E-state index contributed by atoms with van der Waals surface area (Å²) in [5, 5.41) is 15.2. The van der Waals surface area contributed by atoms with Crippen molar-refractivity contribution in [2.24, 2.45) is 0 Å². The van der Waals surface area contributed by atoms with Crippen LogP contribution in [-0.4, -0.2) is 44.6 Å². The van der Waals surface area contributed by atoms with E-state index in [1.807, 2.05) is 13.8 Å². The van der Waals surface area contributed by atoms with Gasteiger partial charge >= 0.3 is 69.5 Å². The molecule has 0 fully saturated rings. The van der Waals surface area contributed by atoms with Gasteiger partial charge in [-0.25, -0.2) is 0 Å². The Kier molecular flexibility index (Phi) is 62.2. The summed E-state index contributed by atoms with van der Waals surface area (Å²) in [5.41, 5.74) is 0. The smallest absolute Gasteiger partial charge is 0.0662 e. The SMILES string of the molecule is C=CC.C=CC.CCC[CH2][Sn][CH2]CCC.OCCO. The Hall–Kier alpha value is 0.199. The molecule has 0 rings (SSSR count). The van der Waals surface area contributed by atoms with Crippen molar-refractivity contribution in [3.8, 4) is 0 Å². The molecule has 0 saturated heterocycles. The van der Waals surface area contributed by atoms with E-state index in [9.17, 15) is 0 Å². The summed E-state index contributed by atoms with van der Waals surface area (Å²) >= 11 is 0.149. The number of unbranched alkanes of at least 4 members (excludes halogenated alkanes) is 2. The molecule has 0 aliphatic carbocycles. The fourth-order valence-corrected chi connectivity index (χ4v) is 4.89. The van der Waals surface area contributed by atoms with Crippen LogP contribution in [0.25, 0.3) is 0 Å². The summed E-state index contributed by atoms with van der Waals surface area (Å²) in [7, 11) is 0. The summed E-state index contributed by atoms with van der Waals surface area (Å²) in [4.78, 5) is 0. The minimum Gasteiger partial charge on any atom is -0.394 e. The van der Waals surface area contributed by atoms with Crippen molar-refractivity contribution in [2.45, 2.75) is 62.3 Å². The minimum absolute atomic E-state index is 0.125. The van der Waals surface area contributed by atoms with Gasteiger partial charge in [0, 0.05) is 0 Å². The van der Waals surface area contributed by atoms with Gasteiger partial charge in [0.2, 0.25) is 0 Å². The molecule has 0 aliphatic rings. The molecule has 0 aromatic carbocycles. The molecule has 0 atom stereocenters. The average Bonchev–Trinajstić information content (AvgIpc) is 2.41. The van der Waals surface area contributed by atoms with Crippen molar-refractivity contribution in [1.82, 2.24) is 0 Å². The summed E-state index contributed by atoms with van der Waals surface area (Å²) < 4.78 is 3.25. The summed E-state index contributed by atoms with van der Waals surface area (Å²) in [6.07, 6.45) is 9.34. The van der Waals surface area contributed by atoms with Crippen molar-refractivity contribution in [3.05, 3.63) is 25.3 Å². The van der Waals surface area contributed by atoms with Crippen LogP contribution in [0.2, 0.25) is 8.87 Å². The Morgan fingerprint density at radius 3 is 1.26 bits per heavy atom. The molecule has 0 saturated carbocycles. The van der Waals surface area contributed by atoms with E-state index < -0.39 is 0 Å². The van der Waals surface area contributed by atoms with Gasteiger partial charge in [-0.05, 0) is 13.8 Å². The van der Waals surface area contributed by atoms with Crippen LogP contribution < -0.4 is 0 Å². The predicted octanol–water partition coefficient (Wildman–Crippen LogP) is 4.48. The summed E-state index contributed by atoms with van der Waals surface area (Å²) in [5.74, 6) is 0. The molecule has 0 aliphatic heterocycles.